The second-order valence-electron chi connectivity index (χ2n) is 5.81. The number of carbonyl (C=O) groups excluding carboxylic acids is 2. The molecular weight excluding hydrogens is 343 g/mol. The molecule has 6 heteroatoms. The molecule has 132 valence electrons. The molecule has 0 radical (unpaired) electrons. The number of para-hydroxylation sites is 1. The maximum absolute atomic E-state index is 13.7. The fraction of sp³-hybridized carbons (Fsp3) is 0.263. The third-order valence-electron chi connectivity index (χ3n) is 4.02. The molecule has 0 aromatic heterocycles. The van der Waals surface area contributed by atoms with Crippen molar-refractivity contribution in [2.45, 2.75) is 26.3 Å². The zero-order chi connectivity index (χ0) is 18.4. The normalized spacial score (nSPS) is 13.0. The van der Waals surface area contributed by atoms with Crippen molar-refractivity contribution in [2.24, 2.45) is 5.92 Å². The van der Waals surface area contributed by atoms with Crippen molar-refractivity contribution >= 4 is 29.1 Å². The van der Waals surface area contributed by atoms with Crippen LogP contribution >= 0.6 is 11.6 Å². The summed E-state index contributed by atoms with van der Waals surface area (Å²) >= 11 is 5.82. The minimum Gasteiger partial charge on any atom is -0.340 e. The van der Waals surface area contributed by atoms with Crippen LogP contribution in [0.2, 0.25) is 5.02 Å². The van der Waals surface area contributed by atoms with Crippen molar-refractivity contribution in [2.75, 3.05) is 5.32 Å². The van der Waals surface area contributed by atoms with Gasteiger partial charge in [0.2, 0.25) is 5.91 Å². The lowest BCUT2D eigenvalue weighted by atomic mass is 9.97. The SMILES string of the molecule is CC[C@H](C)[C@@H](NC(=O)c1ccc(Cl)cc1)C(=O)Nc1ccccc1F. The molecule has 0 saturated heterocycles. The van der Waals surface area contributed by atoms with Crippen molar-refractivity contribution in [1.29, 1.82) is 0 Å². The molecule has 2 rings (SSSR count). The van der Waals surface area contributed by atoms with Crippen LogP contribution in [0, 0.1) is 11.7 Å². The van der Waals surface area contributed by atoms with Crippen molar-refractivity contribution < 1.29 is 14.0 Å². The Morgan fingerprint density at radius 2 is 1.76 bits per heavy atom. The van der Waals surface area contributed by atoms with E-state index in [0.29, 0.717) is 17.0 Å². The quantitative estimate of drug-likeness (QED) is 0.806. The number of rotatable bonds is 6. The summed E-state index contributed by atoms with van der Waals surface area (Å²) in [5.41, 5.74) is 0.484. The number of hydrogen-bond donors (Lipinski definition) is 2. The van der Waals surface area contributed by atoms with Gasteiger partial charge >= 0.3 is 0 Å². The minimum absolute atomic E-state index is 0.0848. The monoisotopic (exact) mass is 362 g/mol. The van der Waals surface area contributed by atoms with Gasteiger partial charge in [0, 0.05) is 10.6 Å². The summed E-state index contributed by atoms with van der Waals surface area (Å²) < 4.78 is 13.7. The highest BCUT2D eigenvalue weighted by atomic mass is 35.5. The molecule has 0 bridgehead atoms. The van der Waals surface area contributed by atoms with Crippen LogP contribution in [-0.4, -0.2) is 17.9 Å². The molecule has 2 N–H and O–H groups in total. The fourth-order valence-corrected chi connectivity index (χ4v) is 2.43. The number of anilines is 1. The zero-order valence-electron chi connectivity index (χ0n) is 14.1. The molecule has 0 aliphatic heterocycles. The first kappa shape index (κ1) is 18.9. The van der Waals surface area contributed by atoms with Crippen molar-refractivity contribution in [3.05, 3.63) is 64.9 Å². The summed E-state index contributed by atoms with van der Waals surface area (Å²) in [6.45, 7) is 3.77. The minimum atomic E-state index is -0.784. The average molecular weight is 363 g/mol. The van der Waals surface area contributed by atoms with Crippen molar-refractivity contribution in [3.63, 3.8) is 0 Å². The van der Waals surface area contributed by atoms with Crippen LogP contribution in [0.5, 0.6) is 0 Å². The third kappa shape index (κ3) is 5.03. The van der Waals surface area contributed by atoms with Gasteiger partial charge in [0.05, 0.1) is 5.69 Å². The zero-order valence-corrected chi connectivity index (χ0v) is 14.8. The topological polar surface area (TPSA) is 58.2 Å². The van der Waals surface area contributed by atoms with E-state index in [2.05, 4.69) is 10.6 Å². The summed E-state index contributed by atoms with van der Waals surface area (Å²) in [4.78, 5) is 25.0. The molecule has 2 atom stereocenters. The summed E-state index contributed by atoms with van der Waals surface area (Å²) in [6.07, 6.45) is 0.677. The molecule has 0 aliphatic rings. The molecule has 0 spiro atoms. The predicted molar refractivity (Wildman–Crippen MR) is 97.2 cm³/mol. The van der Waals surface area contributed by atoms with E-state index in [9.17, 15) is 14.0 Å². The molecule has 0 unspecified atom stereocenters. The van der Waals surface area contributed by atoms with Gasteiger partial charge < -0.3 is 10.6 Å². The van der Waals surface area contributed by atoms with Gasteiger partial charge in [0.25, 0.3) is 5.91 Å². The summed E-state index contributed by atoms with van der Waals surface area (Å²) in [6, 6.07) is 11.5. The second kappa shape index (κ2) is 8.62. The van der Waals surface area contributed by atoms with E-state index in [0.717, 1.165) is 0 Å². The van der Waals surface area contributed by atoms with Crippen LogP contribution in [0.25, 0.3) is 0 Å². The van der Waals surface area contributed by atoms with Gasteiger partial charge in [-0.1, -0.05) is 44.0 Å². The Bertz CT molecular complexity index is 749. The van der Waals surface area contributed by atoms with Gasteiger partial charge in [-0.15, -0.1) is 0 Å². The van der Waals surface area contributed by atoms with E-state index < -0.39 is 17.8 Å². The lowest BCUT2D eigenvalue weighted by Crippen LogP contribution is -2.47. The van der Waals surface area contributed by atoms with E-state index in [1.165, 1.54) is 12.1 Å². The Balaban J connectivity index is 2.15. The first-order valence-corrected chi connectivity index (χ1v) is 8.42. The molecule has 4 nitrogen and oxygen atoms in total. The van der Waals surface area contributed by atoms with Crippen LogP contribution in [0.15, 0.2) is 48.5 Å². The average Bonchev–Trinajstić information content (AvgIpc) is 2.61. The van der Waals surface area contributed by atoms with Crippen LogP contribution in [0.4, 0.5) is 10.1 Å². The van der Waals surface area contributed by atoms with Gasteiger partial charge in [0.15, 0.2) is 0 Å². The van der Waals surface area contributed by atoms with E-state index in [4.69, 9.17) is 11.6 Å². The number of carbonyl (C=O) groups is 2. The maximum Gasteiger partial charge on any atom is 0.251 e. The number of benzene rings is 2. The number of halogens is 2. The molecule has 25 heavy (non-hydrogen) atoms. The summed E-state index contributed by atoms with van der Waals surface area (Å²) in [5.74, 6) is -1.49. The Labute approximate surface area is 151 Å². The number of nitrogens with one attached hydrogen (secondary N) is 2. The third-order valence-corrected chi connectivity index (χ3v) is 4.27. The van der Waals surface area contributed by atoms with Crippen molar-refractivity contribution in [1.82, 2.24) is 5.32 Å². The highest BCUT2D eigenvalue weighted by Gasteiger charge is 2.27. The molecule has 0 heterocycles. The molecule has 2 aromatic carbocycles. The Hall–Kier alpha value is -2.40. The van der Waals surface area contributed by atoms with Crippen LogP contribution in [-0.2, 0) is 4.79 Å². The molecule has 2 aromatic rings. The Morgan fingerprint density at radius 3 is 2.36 bits per heavy atom. The van der Waals surface area contributed by atoms with Gasteiger partial charge in [-0.25, -0.2) is 4.39 Å². The van der Waals surface area contributed by atoms with Crippen LogP contribution in [0.3, 0.4) is 0 Å². The van der Waals surface area contributed by atoms with E-state index in [1.54, 1.807) is 36.4 Å². The predicted octanol–water partition coefficient (Wildman–Crippen LogP) is 4.26. The largest absolute Gasteiger partial charge is 0.340 e. The van der Waals surface area contributed by atoms with Gasteiger partial charge in [-0.3, -0.25) is 9.59 Å². The highest BCUT2D eigenvalue weighted by molar-refractivity contribution is 6.30. The first-order valence-electron chi connectivity index (χ1n) is 8.04. The van der Waals surface area contributed by atoms with Crippen LogP contribution in [0.1, 0.15) is 30.6 Å². The summed E-state index contributed by atoms with van der Waals surface area (Å²) in [7, 11) is 0. The van der Waals surface area contributed by atoms with Crippen LogP contribution < -0.4 is 10.6 Å². The lowest BCUT2D eigenvalue weighted by molar-refractivity contribution is -0.119. The smallest absolute Gasteiger partial charge is 0.251 e. The Morgan fingerprint density at radius 1 is 1.12 bits per heavy atom. The Kier molecular flexibility index (Phi) is 6.53. The maximum atomic E-state index is 13.7. The van der Waals surface area contributed by atoms with Gasteiger partial charge in [-0.05, 0) is 42.3 Å². The van der Waals surface area contributed by atoms with E-state index >= 15 is 0 Å². The molecule has 0 fully saturated rings. The second-order valence-corrected chi connectivity index (χ2v) is 6.25. The molecule has 0 saturated carbocycles. The molecule has 2 amide bonds. The molecule has 0 aliphatic carbocycles. The van der Waals surface area contributed by atoms with E-state index in [-0.39, 0.29) is 17.5 Å². The number of hydrogen-bond acceptors (Lipinski definition) is 2. The standard InChI is InChI=1S/C19H20ClFN2O2/c1-3-12(2)17(19(25)22-16-7-5-4-6-15(16)21)23-18(24)13-8-10-14(20)11-9-13/h4-12,17H,3H2,1-2H3,(H,22,25)(H,23,24)/t12-,17+/m0/s1. The first-order chi connectivity index (χ1) is 11.9. The molecular formula is C19H20ClFN2O2. The van der Waals surface area contributed by atoms with Crippen molar-refractivity contribution in [3.8, 4) is 0 Å². The lowest BCUT2D eigenvalue weighted by Gasteiger charge is -2.23. The van der Waals surface area contributed by atoms with Gasteiger partial charge in [0.1, 0.15) is 11.9 Å². The number of amides is 2. The van der Waals surface area contributed by atoms with Gasteiger partial charge in [-0.2, -0.15) is 0 Å². The fourth-order valence-electron chi connectivity index (χ4n) is 2.30. The highest BCUT2D eigenvalue weighted by Crippen LogP contribution is 2.16. The summed E-state index contributed by atoms with van der Waals surface area (Å²) in [5, 5.41) is 5.79. The van der Waals surface area contributed by atoms with E-state index in [1.807, 2.05) is 13.8 Å².